The first kappa shape index (κ1) is 20.7. The molecule has 7 atom stereocenters. The second kappa shape index (κ2) is 7.60. The van der Waals surface area contributed by atoms with Gasteiger partial charge in [0.25, 0.3) is 0 Å². The first-order valence-electron chi connectivity index (χ1n) is 12.3. The average molecular weight is 385 g/mol. The molecule has 0 aliphatic heterocycles. The maximum Gasteiger partial charge on any atom is 0.0577 e. The molecule has 1 unspecified atom stereocenters. The van der Waals surface area contributed by atoms with Gasteiger partial charge in [-0.3, -0.25) is 0 Å². The van der Waals surface area contributed by atoms with E-state index in [2.05, 4.69) is 46.8 Å². The number of hydrogen-bond acceptors (Lipinski definition) is 1. The Hall–Kier alpha value is -0.560. The first-order valence-corrected chi connectivity index (χ1v) is 12.3. The minimum Gasteiger partial charge on any atom is -0.393 e. The van der Waals surface area contributed by atoms with Gasteiger partial charge < -0.3 is 5.11 Å². The van der Waals surface area contributed by atoms with Crippen molar-refractivity contribution in [1.82, 2.24) is 0 Å². The Morgan fingerprint density at radius 3 is 2.46 bits per heavy atom. The van der Waals surface area contributed by atoms with Crippen molar-refractivity contribution in [3.8, 4) is 0 Å². The van der Waals surface area contributed by atoms with E-state index in [4.69, 9.17) is 0 Å². The zero-order valence-corrected chi connectivity index (χ0v) is 19.1. The Bertz CT molecular complexity index is 643. The van der Waals surface area contributed by atoms with Crippen LogP contribution >= 0.6 is 0 Å². The van der Waals surface area contributed by atoms with E-state index < -0.39 is 0 Å². The molecule has 0 heterocycles. The number of hydrogen-bond donors (Lipinski definition) is 1. The summed E-state index contributed by atoms with van der Waals surface area (Å²) in [4.78, 5) is 0. The van der Waals surface area contributed by atoms with E-state index in [0.29, 0.717) is 10.8 Å². The Kier molecular flexibility index (Phi) is 5.62. The van der Waals surface area contributed by atoms with E-state index in [9.17, 15) is 5.11 Å². The Balaban J connectivity index is 1.50. The van der Waals surface area contributed by atoms with E-state index in [1.165, 1.54) is 51.4 Å². The van der Waals surface area contributed by atoms with Crippen LogP contribution in [0.5, 0.6) is 0 Å². The van der Waals surface area contributed by atoms with Crippen LogP contribution in [0.25, 0.3) is 0 Å². The van der Waals surface area contributed by atoms with Gasteiger partial charge in [-0.2, -0.15) is 0 Å². The lowest BCUT2D eigenvalue weighted by Crippen LogP contribution is -2.50. The Labute approximate surface area is 174 Å². The molecule has 1 N–H and O–H groups in total. The second-order valence-corrected chi connectivity index (χ2v) is 11.7. The summed E-state index contributed by atoms with van der Waals surface area (Å²) in [6.07, 6.45) is 17.8. The SMILES string of the molecule is CC(C)CCC[C@@H](C)C1=CC[C@H]2[C@@H]3CC=C4C[C@@H](O)CC[C@]4(C)C3CC[C@]12C. The molecule has 4 aliphatic carbocycles. The zero-order chi connectivity index (χ0) is 20.1. The van der Waals surface area contributed by atoms with Crippen molar-refractivity contribution >= 4 is 0 Å². The van der Waals surface area contributed by atoms with E-state index in [-0.39, 0.29) is 6.10 Å². The lowest BCUT2D eigenvalue weighted by atomic mass is 9.47. The van der Waals surface area contributed by atoms with Crippen molar-refractivity contribution in [2.45, 2.75) is 105 Å². The third kappa shape index (κ3) is 3.34. The minimum absolute atomic E-state index is 0.0869. The summed E-state index contributed by atoms with van der Waals surface area (Å²) < 4.78 is 0. The molecule has 28 heavy (non-hydrogen) atoms. The summed E-state index contributed by atoms with van der Waals surface area (Å²) in [7, 11) is 0. The average Bonchev–Trinajstić information content (AvgIpc) is 2.99. The molecule has 0 bridgehead atoms. The molecule has 0 aromatic rings. The minimum atomic E-state index is -0.0869. The van der Waals surface area contributed by atoms with Gasteiger partial charge in [0.2, 0.25) is 0 Å². The van der Waals surface area contributed by atoms with Crippen LogP contribution in [0.4, 0.5) is 0 Å². The molecule has 1 heteroatoms. The molecule has 2 saturated carbocycles. The van der Waals surface area contributed by atoms with Gasteiger partial charge in [0.15, 0.2) is 0 Å². The second-order valence-electron chi connectivity index (χ2n) is 11.7. The highest BCUT2D eigenvalue weighted by Gasteiger charge is 2.56. The van der Waals surface area contributed by atoms with Crippen molar-refractivity contribution in [3.63, 3.8) is 0 Å². The summed E-state index contributed by atoms with van der Waals surface area (Å²) in [5.74, 6) is 4.17. The highest BCUT2D eigenvalue weighted by atomic mass is 16.3. The molecule has 4 aliphatic rings. The van der Waals surface area contributed by atoms with Crippen LogP contribution in [0.1, 0.15) is 98.8 Å². The fourth-order valence-corrected chi connectivity index (χ4v) is 7.99. The van der Waals surface area contributed by atoms with Gasteiger partial charge in [-0.25, -0.2) is 0 Å². The molecule has 0 saturated heterocycles. The molecular formula is C27H44O. The summed E-state index contributed by atoms with van der Waals surface area (Å²) in [6.45, 7) is 12.4. The summed E-state index contributed by atoms with van der Waals surface area (Å²) in [5, 5.41) is 10.2. The normalized spacial score (nSPS) is 43.7. The third-order valence-electron chi connectivity index (χ3n) is 9.67. The highest BCUT2D eigenvalue weighted by molar-refractivity contribution is 5.31. The predicted octanol–water partition coefficient (Wildman–Crippen LogP) is 7.31. The van der Waals surface area contributed by atoms with E-state index in [1.54, 1.807) is 5.57 Å². The van der Waals surface area contributed by atoms with Crippen molar-refractivity contribution in [3.05, 3.63) is 23.3 Å². The van der Waals surface area contributed by atoms with Crippen molar-refractivity contribution in [2.75, 3.05) is 0 Å². The van der Waals surface area contributed by atoms with Gasteiger partial charge in [0, 0.05) is 0 Å². The van der Waals surface area contributed by atoms with Crippen molar-refractivity contribution < 1.29 is 5.11 Å². The topological polar surface area (TPSA) is 20.2 Å². The molecule has 4 rings (SSSR count). The van der Waals surface area contributed by atoms with Crippen LogP contribution in [0.3, 0.4) is 0 Å². The van der Waals surface area contributed by atoms with Gasteiger partial charge >= 0.3 is 0 Å². The molecule has 158 valence electrons. The molecular weight excluding hydrogens is 340 g/mol. The fraction of sp³-hybridized carbons (Fsp3) is 0.852. The molecule has 0 aromatic heterocycles. The molecule has 0 spiro atoms. The predicted molar refractivity (Wildman–Crippen MR) is 119 cm³/mol. The number of aliphatic hydroxyl groups excluding tert-OH is 1. The Morgan fingerprint density at radius 1 is 0.964 bits per heavy atom. The zero-order valence-electron chi connectivity index (χ0n) is 19.1. The standard InChI is InChI=1S/C27H44O/c1-18(2)7-6-8-19(3)23-11-12-24-22-10-9-20-17-21(28)13-15-26(20,4)25(22)14-16-27(23,24)5/h9,11,18-19,21-22,24-25,28H,6-8,10,12-17H2,1-5H3/t19-,21+,22+,24+,25?,26+,27-/m1/s1. The van der Waals surface area contributed by atoms with E-state index >= 15 is 0 Å². The molecule has 2 fully saturated rings. The van der Waals surface area contributed by atoms with Crippen LogP contribution in [0, 0.1) is 40.4 Å². The highest BCUT2D eigenvalue weighted by Crippen LogP contribution is 2.65. The van der Waals surface area contributed by atoms with Crippen molar-refractivity contribution in [2.24, 2.45) is 40.4 Å². The van der Waals surface area contributed by atoms with Gasteiger partial charge in [-0.15, -0.1) is 0 Å². The summed E-state index contributed by atoms with van der Waals surface area (Å²) in [5.41, 5.74) is 4.24. The lowest BCUT2D eigenvalue weighted by Gasteiger charge is -2.58. The number of allylic oxidation sites excluding steroid dienone is 3. The Morgan fingerprint density at radius 2 is 1.71 bits per heavy atom. The fourth-order valence-electron chi connectivity index (χ4n) is 7.99. The van der Waals surface area contributed by atoms with Gasteiger partial charge in [0.1, 0.15) is 0 Å². The maximum atomic E-state index is 10.2. The van der Waals surface area contributed by atoms with Gasteiger partial charge in [0.05, 0.1) is 6.10 Å². The monoisotopic (exact) mass is 384 g/mol. The maximum absolute atomic E-state index is 10.2. The summed E-state index contributed by atoms with van der Waals surface area (Å²) in [6, 6.07) is 0. The van der Waals surface area contributed by atoms with Crippen LogP contribution in [0.2, 0.25) is 0 Å². The van der Waals surface area contributed by atoms with Gasteiger partial charge in [-0.1, -0.05) is 70.8 Å². The smallest absolute Gasteiger partial charge is 0.0577 e. The molecule has 0 aromatic carbocycles. The number of rotatable bonds is 5. The van der Waals surface area contributed by atoms with Crippen molar-refractivity contribution in [1.29, 1.82) is 0 Å². The number of aliphatic hydroxyl groups is 1. The summed E-state index contributed by atoms with van der Waals surface area (Å²) >= 11 is 0. The quantitative estimate of drug-likeness (QED) is 0.493. The van der Waals surface area contributed by atoms with E-state index in [1.807, 2.05) is 5.57 Å². The van der Waals surface area contributed by atoms with Crippen LogP contribution < -0.4 is 0 Å². The van der Waals surface area contributed by atoms with E-state index in [0.717, 1.165) is 42.4 Å². The van der Waals surface area contributed by atoms with Gasteiger partial charge in [-0.05, 0) is 91.8 Å². The molecule has 0 radical (unpaired) electrons. The number of fused-ring (bicyclic) bond motifs is 5. The largest absolute Gasteiger partial charge is 0.393 e. The lowest BCUT2D eigenvalue weighted by molar-refractivity contribution is -0.0316. The van der Waals surface area contributed by atoms with Crippen LogP contribution in [-0.4, -0.2) is 11.2 Å². The molecule has 1 nitrogen and oxygen atoms in total. The van der Waals surface area contributed by atoms with Crippen LogP contribution in [-0.2, 0) is 0 Å². The third-order valence-corrected chi connectivity index (χ3v) is 9.67. The van der Waals surface area contributed by atoms with Crippen LogP contribution in [0.15, 0.2) is 23.3 Å². The first-order chi connectivity index (χ1) is 13.3. The molecule has 0 amide bonds.